The Morgan fingerprint density at radius 3 is 2.08 bits per heavy atom. The van der Waals surface area contributed by atoms with E-state index in [4.69, 9.17) is 14.7 Å². The van der Waals surface area contributed by atoms with Crippen LogP contribution in [0.15, 0.2) is 35.2 Å². The molecule has 0 saturated carbocycles. The van der Waals surface area contributed by atoms with Crippen LogP contribution in [0.4, 0.5) is 5.95 Å². The third-order valence-electron chi connectivity index (χ3n) is 6.49. The highest BCUT2D eigenvalue weighted by atomic mass is 32.2. The number of nitrogens with zero attached hydrogens (tertiary/aromatic N) is 3. The van der Waals surface area contributed by atoms with Gasteiger partial charge in [-0.25, -0.2) is 4.98 Å². The zero-order valence-electron chi connectivity index (χ0n) is 23.3. The number of nitrogens with two attached hydrogens (primary N) is 1. The Bertz CT molecular complexity index is 1460. The molecule has 0 aliphatic heterocycles. The van der Waals surface area contributed by atoms with E-state index in [0.717, 1.165) is 11.1 Å². The third-order valence-corrected chi connectivity index (χ3v) is 7.84. The van der Waals surface area contributed by atoms with Gasteiger partial charge in [0.15, 0.2) is 0 Å². The highest BCUT2D eigenvalue weighted by Gasteiger charge is 2.30. The van der Waals surface area contributed by atoms with Crippen molar-refractivity contribution in [3.8, 4) is 17.7 Å². The van der Waals surface area contributed by atoms with Gasteiger partial charge in [-0.05, 0) is 59.1 Å². The number of hydrogen-bond acceptors (Lipinski definition) is 8. The predicted octanol–water partition coefficient (Wildman–Crippen LogP) is 5.98. The first kappa shape index (κ1) is 28.9. The lowest BCUT2D eigenvalue weighted by Crippen LogP contribution is -2.19. The topological polar surface area (TPSA) is 128 Å². The summed E-state index contributed by atoms with van der Waals surface area (Å²) >= 11 is 0. The van der Waals surface area contributed by atoms with Crippen LogP contribution >= 0.6 is 0 Å². The van der Waals surface area contributed by atoms with Gasteiger partial charge in [-0.15, -0.1) is 0 Å². The van der Waals surface area contributed by atoms with Gasteiger partial charge < -0.3 is 14.7 Å². The SMILES string of the molecule is COc1cc(C#N)ccc1Cc1c(C)nc(N)nc1OS(=O)(=O)c1c(C(C)C)cc(C(C)C)cc1C(C)C. The van der Waals surface area contributed by atoms with Crippen LogP contribution in [0.5, 0.6) is 11.6 Å². The predicted molar refractivity (Wildman–Crippen MR) is 148 cm³/mol. The second-order valence-corrected chi connectivity index (χ2v) is 11.8. The van der Waals surface area contributed by atoms with Crippen LogP contribution < -0.4 is 14.7 Å². The minimum Gasteiger partial charge on any atom is -0.496 e. The summed E-state index contributed by atoms with van der Waals surface area (Å²) in [6.07, 6.45) is 0.214. The summed E-state index contributed by atoms with van der Waals surface area (Å²) in [6.45, 7) is 13.8. The van der Waals surface area contributed by atoms with Crippen molar-refractivity contribution in [1.29, 1.82) is 5.26 Å². The lowest BCUT2D eigenvalue weighted by molar-refractivity contribution is 0.410. The van der Waals surface area contributed by atoms with Crippen LogP contribution in [0, 0.1) is 18.3 Å². The Balaban J connectivity index is 2.19. The lowest BCUT2D eigenvalue weighted by atomic mass is 9.89. The van der Waals surface area contributed by atoms with E-state index in [9.17, 15) is 13.7 Å². The molecule has 3 aromatic rings. The molecule has 0 spiro atoms. The van der Waals surface area contributed by atoms with Crippen molar-refractivity contribution >= 4 is 16.1 Å². The van der Waals surface area contributed by atoms with Gasteiger partial charge >= 0.3 is 10.1 Å². The molecule has 0 aliphatic rings. The number of aryl methyl sites for hydroxylation is 1. The van der Waals surface area contributed by atoms with E-state index >= 15 is 0 Å². The highest BCUT2D eigenvalue weighted by Crippen LogP contribution is 2.37. The smallest absolute Gasteiger partial charge is 0.341 e. The van der Waals surface area contributed by atoms with Crippen LogP contribution in [0.1, 0.15) is 98.4 Å². The van der Waals surface area contributed by atoms with Gasteiger partial charge in [-0.3, -0.25) is 0 Å². The number of ether oxygens (including phenoxy) is 1. The van der Waals surface area contributed by atoms with Gasteiger partial charge in [0.2, 0.25) is 11.8 Å². The molecule has 9 heteroatoms. The molecule has 0 atom stereocenters. The molecule has 0 amide bonds. The molecule has 0 radical (unpaired) electrons. The van der Waals surface area contributed by atoms with E-state index in [1.54, 1.807) is 25.1 Å². The average Bonchev–Trinajstić information content (AvgIpc) is 2.84. The van der Waals surface area contributed by atoms with Crippen molar-refractivity contribution in [3.05, 3.63) is 69.4 Å². The Morgan fingerprint density at radius 1 is 0.974 bits per heavy atom. The zero-order valence-corrected chi connectivity index (χ0v) is 24.1. The van der Waals surface area contributed by atoms with Crippen molar-refractivity contribution in [2.24, 2.45) is 0 Å². The van der Waals surface area contributed by atoms with E-state index in [0.29, 0.717) is 33.7 Å². The first-order valence-corrected chi connectivity index (χ1v) is 14.0. The summed E-state index contributed by atoms with van der Waals surface area (Å²) in [5.41, 5.74) is 10.5. The molecule has 0 aliphatic carbocycles. The Morgan fingerprint density at radius 2 is 1.58 bits per heavy atom. The molecule has 0 bridgehead atoms. The number of benzene rings is 2. The number of anilines is 1. The first-order chi connectivity index (χ1) is 17.8. The fourth-order valence-electron chi connectivity index (χ4n) is 4.34. The van der Waals surface area contributed by atoms with Gasteiger partial charge in [-0.2, -0.15) is 18.7 Å². The summed E-state index contributed by atoms with van der Waals surface area (Å²) in [5.74, 6) is 0.396. The van der Waals surface area contributed by atoms with E-state index < -0.39 is 10.1 Å². The maximum absolute atomic E-state index is 14.0. The second-order valence-electron chi connectivity index (χ2n) is 10.3. The number of nitrogen functional groups attached to an aromatic ring is 1. The molecule has 2 aromatic carbocycles. The largest absolute Gasteiger partial charge is 0.496 e. The molecule has 2 N–H and O–H groups in total. The molecule has 8 nitrogen and oxygen atoms in total. The maximum Gasteiger partial charge on any atom is 0.341 e. The van der Waals surface area contributed by atoms with Crippen molar-refractivity contribution in [3.63, 3.8) is 0 Å². The molecule has 3 rings (SSSR count). The van der Waals surface area contributed by atoms with E-state index in [1.807, 2.05) is 39.8 Å². The monoisotopic (exact) mass is 536 g/mol. The molecule has 0 saturated heterocycles. The molecule has 1 heterocycles. The number of aromatic nitrogens is 2. The summed E-state index contributed by atoms with van der Waals surface area (Å²) in [5, 5.41) is 9.24. The molecule has 202 valence electrons. The van der Waals surface area contributed by atoms with Gasteiger partial charge in [0, 0.05) is 12.0 Å². The van der Waals surface area contributed by atoms with E-state index in [1.165, 1.54) is 7.11 Å². The van der Waals surface area contributed by atoms with Crippen molar-refractivity contribution in [1.82, 2.24) is 9.97 Å². The third kappa shape index (κ3) is 6.08. The fourth-order valence-corrected chi connectivity index (χ4v) is 5.93. The molecule has 0 unspecified atom stereocenters. The first-order valence-electron chi connectivity index (χ1n) is 12.6. The van der Waals surface area contributed by atoms with E-state index in [2.05, 4.69) is 29.9 Å². The van der Waals surface area contributed by atoms with Crippen LogP contribution in [-0.2, 0) is 16.5 Å². The summed E-state index contributed by atoms with van der Waals surface area (Å²) in [4.78, 5) is 8.61. The van der Waals surface area contributed by atoms with Gasteiger partial charge in [0.1, 0.15) is 10.6 Å². The van der Waals surface area contributed by atoms with Gasteiger partial charge in [0.05, 0.1) is 24.4 Å². The molecular weight excluding hydrogens is 500 g/mol. The van der Waals surface area contributed by atoms with Crippen molar-refractivity contribution < 1.29 is 17.3 Å². The minimum atomic E-state index is -4.30. The average molecular weight is 537 g/mol. The number of methoxy groups -OCH3 is 1. The lowest BCUT2D eigenvalue weighted by Gasteiger charge is -2.23. The maximum atomic E-state index is 14.0. The summed E-state index contributed by atoms with van der Waals surface area (Å²) in [7, 11) is -2.79. The van der Waals surface area contributed by atoms with Crippen molar-refractivity contribution in [2.75, 3.05) is 12.8 Å². The summed E-state index contributed by atoms with van der Waals surface area (Å²) in [6, 6.07) is 11.1. The van der Waals surface area contributed by atoms with Crippen LogP contribution in [0.2, 0.25) is 0 Å². The minimum absolute atomic E-state index is 0.0563. The Labute approximate surface area is 226 Å². The fraction of sp³-hybridized carbons (Fsp3) is 0.414. The van der Waals surface area contributed by atoms with Gasteiger partial charge in [0.25, 0.3) is 0 Å². The van der Waals surface area contributed by atoms with Gasteiger partial charge in [-0.1, -0.05) is 59.7 Å². The number of rotatable bonds is 9. The molecule has 1 aromatic heterocycles. The normalized spacial score (nSPS) is 11.7. The molecule has 0 fully saturated rings. The zero-order chi connectivity index (χ0) is 28.4. The van der Waals surface area contributed by atoms with Crippen LogP contribution in [0.25, 0.3) is 0 Å². The van der Waals surface area contributed by atoms with Crippen LogP contribution in [-0.4, -0.2) is 25.5 Å². The number of hydrogen-bond donors (Lipinski definition) is 1. The highest BCUT2D eigenvalue weighted by molar-refractivity contribution is 7.87. The molecule has 38 heavy (non-hydrogen) atoms. The van der Waals surface area contributed by atoms with Crippen molar-refractivity contribution in [2.45, 2.75) is 77.5 Å². The van der Waals surface area contributed by atoms with E-state index in [-0.39, 0.29) is 40.9 Å². The Kier molecular flexibility index (Phi) is 8.68. The summed E-state index contributed by atoms with van der Waals surface area (Å²) < 4.78 is 39.2. The number of nitriles is 1. The molecular formula is C29H36N4O4S. The quantitative estimate of drug-likeness (QED) is 0.331. The Hall–Kier alpha value is -3.64. The standard InChI is InChI=1S/C29H36N4O4S/c1-16(2)22-13-23(17(3)4)27(24(14-22)18(5)6)38(34,35)37-28-25(19(7)32-29(31)33-28)12-21-10-9-20(15-30)11-26(21)36-8/h9-11,13-14,16-18H,12H2,1-8H3,(H2,31,32,33). The van der Waals surface area contributed by atoms with Crippen LogP contribution in [0.3, 0.4) is 0 Å². The second kappa shape index (κ2) is 11.4.